The number of carbonyl (C=O) groups excluding carboxylic acids is 1. The third kappa shape index (κ3) is 4.26. The topological polar surface area (TPSA) is 85.6 Å². The second-order valence-corrected chi connectivity index (χ2v) is 9.21. The van der Waals surface area contributed by atoms with Crippen LogP contribution in [-0.4, -0.2) is 75.5 Å². The van der Waals surface area contributed by atoms with Crippen molar-refractivity contribution in [2.75, 3.05) is 33.8 Å². The highest BCUT2D eigenvalue weighted by Gasteiger charge is 2.28. The van der Waals surface area contributed by atoms with Gasteiger partial charge in [-0.3, -0.25) is 4.68 Å². The van der Waals surface area contributed by atoms with E-state index in [9.17, 15) is 4.79 Å². The smallest absolute Gasteiger partial charge is 0.415 e. The van der Waals surface area contributed by atoms with Crippen molar-refractivity contribution in [2.45, 2.75) is 19.9 Å². The van der Waals surface area contributed by atoms with Crippen LogP contribution in [0, 0.1) is 6.92 Å². The van der Waals surface area contributed by atoms with Gasteiger partial charge in [-0.1, -0.05) is 30.3 Å². The van der Waals surface area contributed by atoms with Crippen LogP contribution in [0.1, 0.15) is 12.6 Å². The summed E-state index contributed by atoms with van der Waals surface area (Å²) in [6.07, 6.45) is 1.14. The molecule has 2 aromatic heterocycles. The van der Waals surface area contributed by atoms with Crippen molar-refractivity contribution in [3.63, 3.8) is 0 Å². The third-order valence-electron chi connectivity index (χ3n) is 6.80. The maximum atomic E-state index is 13.1. The van der Waals surface area contributed by atoms with Crippen LogP contribution in [0.25, 0.3) is 33.4 Å². The molecule has 0 N–H and O–H groups in total. The number of hydrogen-bond donors (Lipinski definition) is 0. The van der Waals surface area contributed by atoms with Gasteiger partial charge in [0, 0.05) is 61.0 Å². The summed E-state index contributed by atoms with van der Waals surface area (Å²) < 4.78 is 13.3. The quantitative estimate of drug-likeness (QED) is 0.428. The lowest BCUT2D eigenvalue weighted by Crippen LogP contribution is -2.53. The fourth-order valence-electron chi connectivity index (χ4n) is 4.76. The van der Waals surface area contributed by atoms with Gasteiger partial charge in [0.05, 0.1) is 18.3 Å². The predicted molar refractivity (Wildman–Crippen MR) is 138 cm³/mol. The van der Waals surface area contributed by atoms with E-state index in [2.05, 4.69) is 21.9 Å². The van der Waals surface area contributed by atoms with Crippen LogP contribution in [-0.2, 0) is 7.05 Å². The Hall–Kier alpha value is -3.98. The number of aryl methyl sites for hydroxylation is 1. The van der Waals surface area contributed by atoms with E-state index >= 15 is 0 Å². The van der Waals surface area contributed by atoms with Crippen LogP contribution in [0.3, 0.4) is 0 Å². The maximum absolute atomic E-state index is 13.1. The van der Waals surface area contributed by atoms with Crippen LogP contribution < -0.4 is 9.47 Å². The maximum Gasteiger partial charge on any atom is 0.415 e. The fraction of sp³-hybridized carbons (Fsp3) is 0.333. The zero-order valence-electron chi connectivity index (χ0n) is 21.2. The minimum Gasteiger partial charge on any atom is -0.493 e. The first kappa shape index (κ1) is 23.7. The van der Waals surface area contributed by atoms with Gasteiger partial charge in [-0.15, -0.1) is 0 Å². The lowest BCUT2D eigenvalue weighted by atomic mass is 10.00. The number of likely N-dealkylation sites (N-methyl/N-ethyl adjacent to an activating group) is 1. The monoisotopic (exact) mass is 486 g/mol. The second kappa shape index (κ2) is 9.58. The lowest BCUT2D eigenvalue weighted by molar-refractivity contribution is 0.0886. The number of piperazine rings is 1. The first-order valence-electron chi connectivity index (χ1n) is 12.0. The Bertz CT molecular complexity index is 1420. The molecular weight excluding hydrogens is 456 g/mol. The molecule has 1 saturated heterocycles. The van der Waals surface area contributed by atoms with Crippen LogP contribution in [0.15, 0.2) is 48.8 Å². The molecule has 0 saturated carbocycles. The van der Waals surface area contributed by atoms with E-state index in [-0.39, 0.29) is 6.04 Å². The summed E-state index contributed by atoms with van der Waals surface area (Å²) in [6.45, 7) is 6.24. The van der Waals surface area contributed by atoms with Crippen molar-refractivity contribution in [1.82, 2.24) is 29.5 Å². The van der Waals surface area contributed by atoms with E-state index in [0.29, 0.717) is 23.6 Å². The van der Waals surface area contributed by atoms with Crippen molar-refractivity contribution < 1.29 is 14.3 Å². The number of aromatic nitrogens is 4. The molecule has 1 amide bonds. The van der Waals surface area contributed by atoms with Gasteiger partial charge in [0.1, 0.15) is 12.0 Å². The van der Waals surface area contributed by atoms with E-state index in [0.717, 1.165) is 46.7 Å². The van der Waals surface area contributed by atoms with Crippen LogP contribution in [0.2, 0.25) is 0 Å². The highest BCUT2D eigenvalue weighted by Crippen LogP contribution is 2.40. The number of ether oxygens (including phenoxy) is 2. The predicted octanol–water partition coefficient (Wildman–Crippen LogP) is 4.15. The Morgan fingerprint density at radius 3 is 2.53 bits per heavy atom. The van der Waals surface area contributed by atoms with Gasteiger partial charge in [-0.25, -0.2) is 14.8 Å². The molecule has 9 nitrogen and oxygen atoms in total. The highest BCUT2D eigenvalue weighted by atomic mass is 16.6. The Kier molecular flexibility index (Phi) is 6.32. The van der Waals surface area contributed by atoms with Crippen LogP contribution in [0.4, 0.5) is 4.79 Å². The van der Waals surface area contributed by atoms with E-state index in [1.54, 1.807) is 24.1 Å². The molecule has 0 aliphatic carbocycles. The molecule has 5 rings (SSSR count). The van der Waals surface area contributed by atoms with Crippen LogP contribution in [0.5, 0.6) is 11.5 Å². The highest BCUT2D eigenvalue weighted by molar-refractivity contribution is 5.98. The molecule has 0 radical (unpaired) electrons. The number of hydrogen-bond acceptors (Lipinski definition) is 7. The summed E-state index contributed by atoms with van der Waals surface area (Å²) in [5.74, 6) is 0.772. The van der Waals surface area contributed by atoms with Crippen molar-refractivity contribution in [3.05, 3.63) is 54.5 Å². The Labute approximate surface area is 210 Å². The number of fused-ring (bicyclic) bond motifs is 1. The molecule has 1 atom stereocenters. The normalized spacial score (nSPS) is 16.4. The number of carbonyl (C=O) groups is 1. The number of nitrogens with zero attached hydrogens (tertiary/aromatic N) is 6. The first-order valence-corrected chi connectivity index (χ1v) is 12.0. The molecule has 0 unspecified atom stereocenters. The van der Waals surface area contributed by atoms with E-state index < -0.39 is 6.09 Å². The van der Waals surface area contributed by atoms with Crippen molar-refractivity contribution in [3.8, 4) is 34.0 Å². The first-order chi connectivity index (χ1) is 17.4. The largest absolute Gasteiger partial charge is 0.493 e. The summed E-state index contributed by atoms with van der Waals surface area (Å²) in [7, 11) is 5.52. The molecule has 186 valence electrons. The summed E-state index contributed by atoms with van der Waals surface area (Å²) >= 11 is 0. The van der Waals surface area contributed by atoms with Gasteiger partial charge >= 0.3 is 6.09 Å². The van der Waals surface area contributed by atoms with Gasteiger partial charge in [-0.2, -0.15) is 5.10 Å². The molecule has 1 aliphatic heterocycles. The molecule has 4 aromatic rings. The Morgan fingerprint density at radius 2 is 1.81 bits per heavy atom. The van der Waals surface area contributed by atoms with E-state index in [4.69, 9.17) is 14.6 Å². The molecule has 36 heavy (non-hydrogen) atoms. The van der Waals surface area contributed by atoms with Crippen molar-refractivity contribution in [1.29, 1.82) is 0 Å². The molecule has 1 aliphatic rings. The van der Waals surface area contributed by atoms with Gasteiger partial charge in [0.15, 0.2) is 11.5 Å². The lowest BCUT2D eigenvalue weighted by Gasteiger charge is -2.37. The minimum absolute atomic E-state index is 0.0491. The minimum atomic E-state index is -0.394. The Balaban J connectivity index is 1.61. The molecule has 1 fully saturated rings. The molecule has 0 spiro atoms. The third-order valence-corrected chi connectivity index (χ3v) is 6.80. The summed E-state index contributed by atoms with van der Waals surface area (Å²) in [5.41, 5.74) is 5.10. The van der Waals surface area contributed by atoms with Gasteiger partial charge in [-0.05, 0) is 27.0 Å². The summed E-state index contributed by atoms with van der Waals surface area (Å²) in [6, 6.07) is 13.6. The SMILES string of the molecule is COc1cc2ncnc(-c3c(-c4ccccc4)nn(C)c3C)c2cc1OC(=O)N1CCN(C)C[C@@H]1C. The van der Waals surface area contributed by atoms with Gasteiger partial charge < -0.3 is 19.3 Å². The average molecular weight is 487 g/mol. The van der Waals surface area contributed by atoms with Crippen LogP contribution >= 0.6 is 0 Å². The molecule has 2 aromatic carbocycles. The standard InChI is InChI=1S/C27H30N6O3/c1-17-15-31(3)11-12-33(17)27(34)36-23-13-20-21(14-22(23)35-5)28-16-29-26(20)24-18(2)32(4)30-25(24)19-9-7-6-8-10-19/h6-10,13-14,16-17H,11-12,15H2,1-5H3/t17-/m0/s1. The number of benzene rings is 2. The summed E-state index contributed by atoms with van der Waals surface area (Å²) in [5, 5.41) is 5.53. The van der Waals surface area contributed by atoms with E-state index in [1.807, 2.05) is 55.9 Å². The number of rotatable bonds is 4. The van der Waals surface area contributed by atoms with Crippen molar-refractivity contribution in [2.24, 2.45) is 7.05 Å². The number of methoxy groups -OCH3 is 1. The molecule has 3 heterocycles. The van der Waals surface area contributed by atoms with Gasteiger partial charge in [0.25, 0.3) is 0 Å². The Morgan fingerprint density at radius 1 is 1.03 bits per heavy atom. The molecule has 0 bridgehead atoms. The summed E-state index contributed by atoms with van der Waals surface area (Å²) in [4.78, 5) is 26.2. The average Bonchev–Trinajstić information content (AvgIpc) is 3.17. The van der Waals surface area contributed by atoms with Gasteiger partial charge in [0.2, 0.25) is 0 Å². The zero-order valence-corrected chi connectivity index (χ0v) is 21.2. The zero-order chi connectivity index (χ0) is 25.4. The second-order valence-electron chi connectivity index (χ2n) is 9.21. The van der Waals surface area contributed by atoms with E-state index in [1.165, 1.54) is 6.33 Å². The molecular formula is C27H30N6O3. The fourth-order valence-corrected chi connectivity index (χ4v) is 4.76. The van der Waals surface area contributed by atoms with Crippen molar-refractivity contribution >= 4 is 17.0 Å². The number of amides is 1. The molecule has 9 heteroatoms.